The van der Waals surface area contributed by atoms with Crippen LogP contribution in [0, 0.1) is 13.8 Å². The summed E-state index contributed by atoms with van der Waals surface area (Å²) in [5.74, 6) is 0.351. The van der Waals surface area contributed by atoms with Crippen LogP contribution in [-0.4, -0.2) is 28.3 Å². The van der Waals surface area contributed by atoms with Crippen LogP contribution >= 0.6 is 0 Å². The fourth-order valence-corrected chi connectivity index (χ4v) is 2.15. The van der Waals surface area contributed by atoms with E-state index in [1.54, 1.807) is 6.92 Å². The van der Waals surface area contributed by atoms with E-state index in [1.165, 1.54) is 5.69 Å². The van der Waals surface area contributed by atoms with Crippen molar-refractivity contribution in [3.63, 3.8) is 0 Å². The second kappa shape index (κ2) is 6.39. The largest absolute Gasteiger partial charge is 0.372 e. The molecule has 0 atom stereocenters. The molecule has 1 heterocycles. The number of H-pyrrole nitrogens is 1. The van der Waals surface area contributed by atoms with E-state index in [9.17, 15) is 4.79 Å². The molecule has 6 nitrogen and oxygen atoms in total. The Morgan fingerprint density at radius 1 is 1.19 bits per heavy atom. The van der Waals surface area contributed by atoms with Crippen LogP contribution in [0.15, 0.2) is 23.0 Å². The van der Waals surface area contributed by atoms with E-state index in [-0.39, 0.29) is 5.56 Å². The summed E-state index contributed by atoms with van der Waals surface area (Å²) in [6, 6.07) is 6.17. The summed E-state index contributed by atoms with van der Waals surface area (Å²) in [5, 5.41) is 10.8. The van der Waals surface area contributed by atoms with Crippen molar-refractivity contribution in [3.05, 3.63) is 39.8 Å². The van der Waals surface area contributed by atoms with Crippen LogP contribution in [0.25, 0.3) is 0 Å². The molecule has 0 aliphatic rings. The van der Waals surface area contributed by atoms with E-state index in [0.29, 0.717) is 11.6 Å². The molecule has 0 unspecified atom stereocenters. The van der Waals surface area contributed by atoms with E-state index in [1.807, 2.05) is 13.0 Å². The number of hydrogen-bond donors (Lipinski definition) is 2. The van der Waals surface area contributed by atoms with Crippen molar-refractivity contribution in [2.24, 2.45) is 0 Å². The first-order valence-electron chi connectivity index (χ1n) is 7.11. The number of aryl methyl sites for hydroxylation is 2. The number of nitrogens with zero attached hydrogens (tertiary/aromatic N) is 3. The second-order valence-electron chi connectivity index (χ2n) is 4.88. The van der Waals surface area contributed by atoms with Crippen molar-refractivity contribution in [2.75, 3.05) is 23.3 Å². The van der Waals surface area contributed by atoms with Gasteiger partial charge in [-0.1, -0.05) is 0 Å². The van der Waals surface area contributed by atoms with Crippen LogP contribution in [0.2, 0.25) is 0 Å². The molecule has 0 saturated heterocycles. The van der Waals surface area contributed by atoms with Gasteiger partial charge in [0, 0.05) is 24.5 Å². The molecule has 1 aromatic carbocycles. The van der Waals surface area contributed by atoms with Crippen molar-refractivity contribution >= 4 is 17.3 Å². The Labute approximate surface area is 124 Å². The number of aromatic amines is 1. The summed E-state index contributed by atoms with van der Waals surface area (Å²) in [6.45, 7) is 9.86. The van der Waals surface area contributed by atoms with Gasteiger partial charge in [-0.25, -0.2) is 0 Å². The van der Waals surface area contributed by atoms with E-state index in [4.69, 9.17) is 0 Å². The molecule has 2 aromatic rings. The number of anilines is 3. The Hall–Kier alpha value is -2.37. The third kappa shape index (κ3) is 3.39. The number of hydrogen-bond acceptors (Lipinski definition) is 5. The van der Waals surface area contributed by atoms with Crippen molar-refractivity contribution in [1.29, 1.82) is 0 Å². The van der Waals surface area contributed by atoms with Gasteiger partial charge in [0.25, 0.3) is 5.56 Å². The van der Waals surface area contributed by atoms with Crippen molar-refractivity contribution < 1.29 is 0 Å². The Kier molecular flexibility index (Phi) is 4.57. The highest BCUT2D eigenvalue weighted by Gasteiger charge is 2.06. The monoisotopic (exact) mass is 287 g/mol. The molecule has 0 aliphatic heterocycles. The molecule has 21 heavy (non-hydrogen) atoms. The van der Waals surface area contributed by atoms with Gasteiger partial charge < -0.3 is 10.2 Å². The van der Waals surface area contributed by atoms with E-state index >= 15 is 0 Å². The Bertz CT molecular complexity index is 676. The quantitative estimate of drug-likeness (QED) is 0.883. The minimum atomic E-state index is -0.232. The zero-order valence-corrected chi connectivity index (χ0v) is 12.9. The van der Waals surface area contributed by atoms with E-state index in [2.05, 4.69) is 51.4 Å². The van der Waals surface area contributed by atoms with Crippen LogP contribution in [-0.2, 0) is 0 Å². The second-order valence-corrected chi connectivity index (χ2v) is 4.88. The fourth-order valence-electron chi connectivity index (χ4n) is 2.15. The third-order valence-electron chi connectivity index (χ3n) is 3.45. The standard InChI is InChI=1S/C15H21N5O/c1-5-20(6-2)12-7-8-13(10(3)9-12)16-15-17-14(21)11(4)18-19-15/h7-9H,5-6H2,1-4H3,(H2,16,17,19,21). The zero-order chi connectivity index (χ0) is 15.4. The predicted molar refractivity (Wildman–Crippen MR) is 85.4 cm³/mol. The van der Waals surface area contributed by atoms with E-state index in [0.717, 1.165) is 24.3 Å². The number of nitrogens with one attached hydrogen (secondary N) is 2. The molecule has 0 aliphatic carbocycles. The molecule has 0 saturated carbocycles. The lowest BCUT2D eigenvalue weighted by Crippen LogP contribution is -2.21. The van der Waals surface area contributed by atoms with Crippen LogP contribution in [0.3, 0.4) is 0 Å². The van der Waals surface area contributed by atoms with Crippen LogP contribution in [0.4, 0.5) is 17.3 Å². The summed E-state index contributed by atoms with van der Waals surface area (Å²) >= 11 is 0. The highest BCUT2D eigenvalue weighted by Crippen LogP contribution is 2.24. The smallest absolute Gasteiger partial charge is 0.273 e. The van der Waals surface area contributed by atoms with Gasteiger partial charge in [0.05, 0.1) is 0 Å². The van der Waals surface area contributed by atoms with Crippen molar-refractivity contribution in [3.8, 4) is 0 Å². The normalized spacial score (nSPS) is 10.5. The lowest BCUT2D eigenvalue weighted by molar-refractivity contribution is 0.865. The maximum atomic E-state index is 11.5. The highest BCUT2D eigenvalue weighted by atomic mass is 16.1. The molecule has 1 aromatic heterocycles. The van der Waals surface area contributed by atoms with Gasteiger partial charge in [-0.3, -0.25) is 9.78 Å². The third-order valence-corrected chi connectivity index (χ3v) is 3.45. The molecule has 0 fully saturated rings. The molecule has 2 rings (SSSR count). The molecular formula is C15H21N5O. The Morgan fingerprint density at radius 3 is 2.48 bits per heavy atom. The lowest BCUT2D eigenvalue weighted by atomic mass is 10.1. The Morgan fingerprint density at radius 2 is 1.90 bits per heavy atom. The average Bonchev–Trinajstić information content (AvgIpc) is 2.47. The van der Waals surface area contributed by atoms with Gasteiger partial charge in [-0.15, -0.1) is 10.2 Å². The molecule has 0 spiro atoms. The molecule has 112 valence electrons. The Balaban J connectivity index is 2.25. The maximum Gasteiger partial charge on any atom is 0.273 e. The SMILES string of the molecule is CCN(CC)c1ccc(Nc2nnc(C)c(=O)[nH]2)c(C)c1. The van der Waals surface area contributed by atoms with Gasteiger partial charge in [0.2, 0.25) is 5.95 Å². The minimum Gasteiger partial charge on any atom is -0.372 e. The topological polar surface area (TPSA) is 73.9 Å². The van der Waals surface area contributed by atoms with Crippen molar-refractivity contribution in [1.82, 2.24) is 15.2 Å². The van der Waals surface area contributed by atoms with Gasteiger partial charge >= 0.3 is 0 Å². The first-order chi connectivity index (χ1) is 10.0. The average molecular weight is 287 g/mol. The molecule has 6 heteroatoms. The number of benzene rings is 1. The first-order valence-corrected chi connectivity index (χ1v) is 7.11. The van der Waals surface area contributed by atoms with Crippen molar-refractivity contribution in [2.45, 2.75) is 27.7 Å². The molecule has 0 bridgehead atoms. The summed E-state index contributed by atoms with van der Waals surface area (Å²) in [4.78, 5) is 16.5. The van der Waals surface area contributed by atoms with E-state index < -0.39 is 0 Å². The summed E-state index contributed by atoms with van der Waals surface area (Å²) < 4.78 is 0. The maximum absolute atomic E-state index is 11.5. The molecule has 0 radical (unpaired) electrons. The van der Waals surface area contributed by atoms with Gasteiger partial charge in [0.15, 0.2) is 0 Å². The molecule has 0 amide bonds. The molecule has 2 N–H and O–H groups in total. The van der Waals surface area contributed by atoms with Gasteiger partial charge in [0.1, 0.15) is 5.69 Å². The first kappa shape index (κ1) is 15.0. The fraction of sp³-hybridized carbons (Fsp3) is 0.400. The van der Waals surface area contributed by atoms with Gasteiger partial charge in [-0.2, -0.15) is 0 Å². The van der Waals surface area contributed by atoms with Gasteiger partial charge in [-0.05, 0) is 51.5 Å². The number of aromatic nitrogens is 3. The molecular weight excluding hydrogens is 266 g/mol. The van der Waals surface area contributed by atoms with Crippen LogP contribution in [0.5, 0.6) is 0 Å². The zero-order valence-electron chi connectivity index (χ0n) is 12.9. The minimum absolute atomic E-state index is 0.232. The lowest BCUT2D eigenvalue weighted by Gasteiger charge is -2.22. The van der Waals surface area contributed by atoms with Crippen LogP contribution in [0.1, 0.15) is 25.1 Å². The summed E-state index contributed by atoms with van der Waals surface area (Å²) in [5.41, 5.74) is 3.30. The summed E-state index contributed by atoms with van der Waals surface area (Å²) in [6.07, 6.45) is 0. The predicted octanol–water partition coefficient (Wildman–Crippen LogP) is 2.37. The number of rotatable bonds is 5. The highest BCUT2D eigenvalue weighted by molar-refractivity contribution is 5.63. The van der Waals surface area contributed by atoms with Crippen LogP contribution < -0.4 is 15.8 Å². The summed E-state index contributed by atoms with van der Waals surface area (Å²) in [7, 11) is 0.